The predicted octanol–water partition coefficient (Wildman–Crippen LogP) is 4.12. The van der Waals surface area contributed by atoms with Crippen LogP contribution in [0, 0.1) is 6.92 Å². The maximum atomic E-state index is 5.83. The van der Waals surface area contributed by atoms with Gasteiger partial charge in [0.15, 0.2) is 0 Å². The van der Waals surface area contributed by atoms with Gasteiger partial charge >= 0.3 is 0 Å². The highest BCUT2D eigenvalue weighted by Gasteiger charge is 2.07. The molecular weight excluding hydrogens is 310 g/mol. The third kappa shape index (κ3) is 3.34. The van der Waals surface area contributed by atoms with Gasteiger partial charge in [0.25, 0.3) is 0 Å². The van der Waals surface area contributed by atoms with E-state index in [0.717, 1.165) is 16.8 Å². The molecule has 18 heavy (non-hydrogen) atoms. The summed E-state index contributed by atoms with van der Waals surface area (Å²) in [5.74, 6) is 0.887. The van der Waals surface area contributed by atoms with Crippen LogP contribution in [0.2, 0.25) is 0 Å². The summed E-state index contributed by atoms with van der Waals surface area (Å²) in [6.07, 6.45) is 0. The Bertz CT molecular complexity index is 524. The van der Waals surface area contributed by atoms with E-state index in [1.54, 1.807) is 0 Å². The molecule has 0 amide bonds. The fourth-order valence-electron chi connectivity index (χ4n) is 1.71. The molecule has 4 heteroatoms. The molecule has 0 spiro atoms. The Hall–Kier alpha value is -0.840. The fourth-order valence-corrected chi connectivity index (χ4v) is 3.17. The molecular formula is C14H16BrNOS. The van der Waals surface area contributed by atoms with Gasteiger partial charge in [0.2, 0.25) is 0 Å². The van der Waals surface area contributed by atoms with Crippen molar-refractivity contribution in [3.8, 4) is 5.75 Å². The van der Waals surface area contributed by atoms with Crippen molar-refractivity contribution in [2.45, 2.75) is 20.1 Å². The molecule has 0 radical (unpaired) electrons. The molecule has 1 aromatic carbocycles. The first-order valence-electron chi connectivity index (χ1n) is 5.81. The summed E-state index contributed by atoms with van der Waals surface area (Å²) < 4.78 is 6.83. The molecule has 1 heterocycles. The molecule has 2 nitrogen and oxygen atoms in total. The minimum atomic E-state index is 0.620. The van der Waals surface area contributed by atoms with Crippen LogP contribution in [0.5, 0.6) is 5.75 Å². The number of nitrogens with one attached hydrogen (secondary N) is 1. The minimum Gasteiger partial charge on any atom is -0.488 e. The van der Waals surface area contributed by atoms with E-state index in [9.17, 15) is 0 Å². The predicted molar refractivity (Wildman–Crippen MR) is 80.3 cm³/mol. The highest BCUT2D eigenvalue weighted by molar-refractivity contribution is 9.10. The van der Waals surface area contributed by atoms with Gasteiger partial charge < -0.3 is 10.1 Å². The van der Waals surface area contributed by atoms with Crippen LogP contribution in [0.4, 0.5) is 0 Å². The highest BCUT2D eigenvalue weighted by Crippen LogP contribution is 2.27. The molecule has 2 aromatic rings. The van der Waals surface area contributed by atoms with Crippen molar-refractivity contribution >= 4 is 27.3 Å². The Balaban J connectivity index is 2.04. The lowest BCUT2D eigenvalue weighted by atomic mass is 10.2. The average Bonchev–Trinajstić information content (AvgIpc) is 2.69. The van der Waals surface area contributed by atoms with Crippen molar-refractivity contribution in [1.29, 1.82) is 0 Å². The van der Waals surface area contributed by atoms with Gasteiger partial charge in [0.1, 0.15) is 12.4 Å². The number of benzene rings is 1. The molecule has 1 aromatic heterocycles. The SMILES string of the molecule is CNCc1cc(COc2ccccc2Br)c(C)s1. The van der Waals surface area contributed by atoms with E-state index >= 15 is 0 Å². The topological polar surface area (TPSA) is 21.3 Å². The summed E-state index contributed by atoms with van der Waals surface area (Å²) in [6, 6.07) is 10.1. The average molecular weight is 326 g/mol. The Morgan fingerprint density at radius 3 is 2.83 bits per heavy atom. The van der Waals surface area contributed by atoms with Crippen molar-refractivity contribution < 1.29 is 4.74 Å². The van der Waals surface area contributed by atoms with Gasteiger partial charge in [-0.2, -0.15) is 0 Å². The van der Waals surface area contributed by atoms with Gasteiger partial charge in [-0.05, 0) is 48.1 Å². The third-order valence-corrected chi connectivity index (χ3v) is 4.39. The molecule has 1 N–H and O–H groups in total. The lowest BCUT2D eigenvalue weighted by molar-refractivity contribution is 0.304. The van der Waals surface area contributed by atoms with E-state index in [2.05, 4.69) is 34.2 Å². The molecule has 0 saturated heterocycles. The second-order valence-electron chi connectivity index (χ2n) is 4.04. The van der Waals surface area contributed by atoms with Crippen LogP contribution in [-0.2, 0) is 13.2 Å². The zero-order valence-electron chi connectivity index (χ0n) is 10.5. The molecule has 0 bridgehead atoms. The van der Waals surface area contributed by atoms with Gasteiger partial charge in [0, 0.05) is 21.9 Å². The van der Waals surface area contributed by atoms with Crippen LogP contribution in [0.1, 0.15) is 15.3 Å². The number of para-hydroxylation sites is 1. The number of aryl methyl sites for hydroxylation is 1. The Labute approximate surface area is 120 Å². The molecule has 0 aliphatic heterocycles. The van der Waals surface area contributed by atoms with Crippen molar-refractivity contribution in [1.82, 2.24) is 5.32 Å². The quantitative estimate of drug-likeness (QED) is 0.892. The Morgan fingerprint density at radius 1 is 1.33 bits per heavy atom. The summed E-state index contributed by atoms with van der Waals surface area (Å²) in [5.41, 5.74) is 1.26. The molecule has 2 rings (SSSR count). The summed E-state index contributed by atoms with van der Waals surface area (Å²) in [5, 5.41) is 3.17. The lowest BCUT2D eigenvalue weighted by Crippen LogP contribution is -2.02. The number of halogens is 1. The van der Waals surface area contributed by atoms with Crippen LogP contribution >= 0.6 is 27.3 Å². The number of thiophene rings is 1. The number of hydrogen-bond acceptors (Lipinski definition) is 3. The van der Waals surface area contributed by atoms with Crippen LogP contribution in [0.15, 0.2) is 34.8 Å². The summed E-state index contributed by atoms with van der Waals surface area (Å²) in [4.78, 5) is 2.67. The van der Waals surface area contributed by atoms with Gasteiger partial charge in [-0.1, -0.05) is 12.1 Å². The second kappa shape index (κ2) is 6.36. The van der Waals surface area contributed by atoms with Crippen LogP contribution in [-0.4, -0.2) is 7.05 Å². The molecule has 0 aliphatic carbocycles. The van der Waals surface area contributed by atoms with Gasteiger partial charge in [-0.25, -0.2) is 0 Å². The second-order valence-corrected chi connectivity index (χ2v) is 6.24. The van der Waals surface area contributed by atoms with Crippen LogP contribution in [0.3, 0.4) is 0 Å². The maximum absolute atomic E-state index is 5.83. The first-order chi connectivity index (χ1) is 8.70. The molecule has 0 saturated carbocycles. The monoisotopic (exact) mass is 325 g/mol. The molecule has 0 atom stereocenters. The number of rotatable bonds is 5. The van der Waals surface area contributed by atoms with Crippen molar-refractivity contribution in [2.75, 3.05) is 7.05 Å². The largest absolute Gasteiger partial charge is 0.488 e. The van der Waals surface area contributed by atoms with Gasteiger partial charge in [-0.15, -0.1) is 11.3 Å². The van der Waals surface area contributed by atoms with E-state index in [1.165, 1.54) is 15.3 Å². The van der Waals surface area contributed by atoms with Crippen molar-refractivity contribution in [2.24, 2.45) is 0 Å². The summed E-state index contributed by atoms with van der Waals surface area (Å²) in [6.45, 7) is 3.68. The normalized spacial score (nSPS) is 10.6. The summed E-state index contributed by atoms with van der Waals surface area (Å²) in [7, 11) is 1.96. The maximum Gasteiger partial charge on any atom is 0.133 e. The van der Waals surface area contributed by atoms with E-state index in [-0.39, 0.29) is 0 Å². The van der Waals surface area contributed by atoms with E-state index in [0.29, 0.717) is 6.61 Å². The number of hydrogen-bond donors (Lipinski definition) is 1. The fraction of sp³-hybridized carbons (Fsp3) is 0.286. The Kier molecular flexibility index (Phi) is 4.80. The molecule has 96 valence electrons. The van der Waals surface area contributed by atoms with Crippen LogP contribution in [0.25, 0.3) is 0 Å². The van der Waals surface area contributed by atoms with Crippen molar-refractivity contribution in [3.63, 3.8) is 0 Å². The standard InChI is InChI=1S/C14H16BrNOS/c1-10-11(7-12(18-10)8-16-2)9-17-14-6-4-3-5-13(14)15/h3-7,16H,8-9H2,1-2H3. The molecule has 0 fully saturated rings. The highest BCUT2D eigenvalue weighted by atomic mass is 79.9. The molecule has 0 unspecified atom stereocenters. The van der Waals surface area contributed by atoms with E-state index in [1.807, 2.05) is 42.6 Å². The van der Waals surface area contributed by atoms with Crippen LogP contribution < -0.4 is 10.1 Å². The smallest absolute Gasteiger partial charge is 0.133 e. The number of ether oxygens (including phenoxy) is 1. The van der Waals surface area contributed by atoms with E-state index < -0.39 is 0 Å². The minimum absolute atomic E-state index is 0.620. The lowest BCUT2D eigenvalue weighted by Gasteiger charge is -2.07. The van der Waals surface area contributed by atoms with Gasteiger partial charge in [-0.3, -0.25) is 0 Å². The van der Waals surface area contributed by atoms with Crippen molar-refractivity contribution in [3.05, 3.63) is 50.1 Å². The molecule has 0 aliphatic rings. The van der Waals surface area contributed by atoms with E-state index in [4.69, 9.17) is 4.74 Å². The first kappa shape index (κ1) is 13.6. The zero-order chi connectivity index (χ0) is 13.0. The summed E-state index contributed by atoms with van der Waals surface area (Å²) >= 11 is 5.31. The van der Waals surface area contributed by atoms with Gasteiger partial charge in [0.05, 0.1) is 4.47 Å². The Morgan fingerprint density at radius 2 is 2.11 bits per heavy atom. The zero-order valence-corrected chi connectivity index (χ0v) is 12.9. The third-order valence-electron chi connectivity index (χ3n) is 2.64. The first-order valence-corrected chi connectivity index (χ1v) is 7.41.